The normalized spacial score (nSPS) is 11.3. The summed E-state index contributed by atoms with van der Waals surface area (Å²) in [5.41, 5.74) is 1.35. The zero-order valence-corrected chi connectivity index (χ0v) is 12.9. The third-order valence-electron chi connectivity index (χ3n) is 3.21. The fourth-order valence-corrected chi connectivity index (χ4v) is 3.19. The number of anilines is 1. The number of hydrogen-bond donors (Lipinski definition) is 1. The monoisotopic (exact) mass is 331 g/mol. The van der Waals surface area contributed by atoms with Gasteiger partial charge in [0.2, 0.25) is 0 Å². The maximum Gasteiger partial charge on any atom is 0.261 e. The summed E-state index contributed by atoms with van der Waals surface area (Å²) >= 11 is 0. The van der Waals surface area contributed by atoms with E-state index < -0.39 is 15.8 Å². The summed E-state index contributed by atoms with van der Waals surface area (Å²) < 4.78 is 41.7. The Balaban J connectivity index is 1.80. The molecule has 0 amide bonds. The molecule has 0 saturated heterocycles. The molecule has 0 fully saturated rings. The predicted octanol–water partition coefficient (Wildman–Crippen LogP) is 2.87. The van der Waals surface area contributed by atoms with E-state index in [-0.39, 0.29) is 4.90 Å². The molecule has 0 aliphatic carbocycles. The van der Waals surface area contributed by atoms with Crippen LogP contribution in [0.5, 0.6) is 0 Å². The molecule has 1 heterocycles. The van der Waals surface area contributed by atoms with Gasteiger partial charge >= 0.3 is 0 Å². The Morgan fingerprint density at radius 2 is 1.87 bits per heavy atom. The van der Waals surface area contributed by atoms with Crippen LogP contribution in [-0.2, 0) is 16.6 Å². The Kier molecular flexibility index (Phi) is 4.12. The number of hydrogen-bond acceptors (Lipinski definition) is 3. The van der Waals surface area contributed by atoms with Gasteiger partial charge in [0.1, 0.15) is 5.82 Å². The average Bonchev–Trinajstić information content (AvgIpc) is 3.00. The molecule has 7 heteroatoms. The van der Waals surface area contributed by atoms with Gasteiger partial charge in [0.15, 0.2) is 0 Å². The van der Waals surface area contributed by atoms with E-state index in [9.17, 15) is 12.8 Å². The Hall–Kier alpha value is -2.67. The molecule has 0 bridgehead atoms. The summed E-state index contributed by atoms with van der Waals surface area (Å²) in [4.78, 5) is 0.0105. The summed E-state index contributed by atoms with van der Waals surface area (Å²) in [5.74, 6) is -0.481. The molecule has 1 N–H and O–H groups in total. The zero-order chi connectivity index (χ0) is 16.3. The molecule has 0 spiro atoms. The van der Waals surface area contributed by atoms with Crippen molar-refractivity contribution in [3.63, 3.8) is 0 Å². The minimum absolute atomic E-state index is 0.0105. The Morgan fingerprint density at radius 1 is 1.09 bits per heavy atom. The van der Waals surface area contributed by atoms with Crippen LogP contribution in [0, 0.1) is 5.82 Å². The van der Waals surface area contributed by atoms with Gasteiger partial charge in [-0.15, -0.1) is 0 Å². The third-order valence-corrected chi connectivity index (χ3v) is 4.60. The lowest BCUT2D eigenvalue weighted by Gasteiger charge is -2.10. The van der Waals surface area contributed by atoms with E-state index in [4.69, 9.17) is 0 Å². The van der Waals surface area contributed by atoms with Crippen molar-refractivity contribution < 1.29 is 12.8 Å². The number of sulfonamides is 1. The van der Waals surface area contributed by atoms with Crippen LogP contribution in [0.1, 0.15) is 5.56 Å². The number of nitrogens with zero attached hydrogens (tertiary/aromatic N) is 2. The number of benzene rings is 2. The fraction of sp³-hybridized carbons (Fsp3) is 0.0625. The first-order valence-electron chi connectivity index (χ1n) is 6.88. The molecule has 0 aliphatic heterocycles. The van der Waals surface area contributed by atoms with Crippen molar-refractivity contribution >= 4 is 15.7 Å². The van der Waals surface area contributed by atoms with Gasteiger partial charge in [0, 0.05) is 18.1 Å². The maximum absolute atomic E-state index is 12.9. The molecule has 118 valence electrons. The van der Waals surface area contributed by atoms with E-state index >= 15 is 0 Å². The van der Waals surface area contributed by atoms with Crippen molar-refractivity contribution in [3.8, 4) is 0 Å². The van der Waals surface area contributed by atoms with Crippen molar-refractivity contribution in [2.75, 3.05) is 4.72 Å². The summed E-state index contributed by atoms with van der Waals surface area (Å²) in [7, 11) is -3.75. The fourth-order valence-electron chi connectivity index (χ4n) is 2.14. The zero-order valence-electron chi connectivity index (χ0n) is 12.1. The molecule has 0 saturated carbocycles. The highest BCUT2D eigenvalue weighted by molar-refractivity contribution is 7.92. The molecule has 0 aliphatic rings. The van der Waals surface area contributed by atoms with Gasteiger partial charge in [-0.05, 0) is 48.0 Å². The predicted molar refractivity (Wildman–Crippen MR) is 85.0 cm³/mol. The number of aromatic nitrogens is 2. The summed E-state index contributed by atoms with van der Waals surface area (Å²) in [5, 5.41) is 4.11. The second-order valence-electron chi connectivity index (χ2n) is 4.96. The summed E-state index contributed by atoms with van der Waals surface area (Å²) in [6.45, 7) is 0.541. The van der Waals surface area contributed by atoms with Crippen molar-refractivity contribution in [1.82, 2.24) is 9.78 Å². The van der Waals surface area contributed by atoms with E-state index in [1.165, 1.54) is 12.1 Å². The van der Waals surface area contributed by atoms with E-state index in [0.717, 1.165) is 17.7 Å². The first-order chi connectivity index (χ1) is 11.0. The summed E-state index contributed by atoms with van der Waals surface area (Å²) in [6.07, 6.45) is 3.51. The lowest BCUT2D eigenvalue weighted by atomic mass is 10.2. The van der Waals surface area contributed by atoms with Gasteiger partial charge in [0.05, 0.1) is 11.4 Å². The van der Waals surface area contributed by atoms with Gasteiger partial charge in [-0.2, -0.15) is 5.10 Å². The number of halogens is 1. The van der Waals surface area contributed by atoms with Crippen LogP contribution < -0.4 is 4.72 Å². The maximum atomic E-state index is 12.9. The molecule has 3 aromatic rings. The number of nitrogens with one attached hydrogen (secondary N) is 1. The first-order valence-corrected chi connectivity index (χ1v) is 8.36. The highest BCUT2D eigenvalue weighted by atomic mass is 32.2. The molecular weight excluding hydrogens is 317 g/mol. The second kappa shape index (κ2) is 6.21. The molecule has 0 radical (unpaired) electrons. The third kappa shape index (κ3) is 3.75. The topological polar surface area (TPSA) is 64.0 Å². The van der Waals surface area contributed by atoms with E-state index in [1.807, 2.05) is 18.3 Å². The largest absolute Gasteiger partial charge is 0.280 e. The lowest BCUT2D eigenvalue weighted by Crippen LogP contribution is -2.13. The van der Waals surface area contributed by atoms with Crippen molar-refractivity contribution in [1.29, 1.82) is 0 Å². The van der Waals surface area contributed by atoms with Gasteiger partial charge in [-0.1, -0.05) is 12.1 Å². The average molecular weight is 331 g/mol. The first kappa shape index (κ1) is 15.2. The highest BCUT2D eigenvalue weighted by Gasteiger charge is 2.14. The minimum atomic E-state index is -3.75. The van der Waals surface area contributed by atoms with Gasteiger partial charge in [-0.3, -0.25) is 9.40 Å². The summed E-state index contributed by atoms with van der Waals surface area (Å²) in [6, 6.07) is 13.6. The van der Waals surface area contributed by atoms with Crippen molar-refractivity contribution in [2.45, 2.75) is 11.4 Å². The standard InChI is InChI=1S/C16H14FN3O2S/c17-14-5-7-16(8-6-14)23(21,22)19-15-4-1-3-13(11-15)12-20-10-2-9-18-20/h1-11,19H,12H2. The Bertz CT molecular complexity index is 891. The van der Waals surface area contributed by atoms with Gasteiger partial charge in [-0.25, -0.2) is 12.8 Å². The van der Waals surface area contributed by atoms with Crippen molar-refractivity contribution in [2.24, 2.45) is 0 Å². The molecular formula is C16H14FN3O2S. The molecule has 0 atom stereocenters. The molecule has 3 rings (SSSR count). The Labute approximate surface area is 133 Å². The van der Waals surface area contributed by atoms with E-state index in [1.54, 1.807) is 29.1 Å². The smallest absolute Gasteiger partial charge is 0.261 e. The van der Waals surface area contributed by atoms with Gasteiger partial charge in [0.25, 0.3) is 10.0 Å². The quantitative estimate of drug-likeness (QED) is 0.782. The van der Waals surface area contributed by atoms with Crippen LogP contribution in [0.15, 0.2) is 71.9 Å². The minimum Gasteiger partial charge on any atom is -0.280 e. The second-order valence-corrected chi connectivity index (χ2v) is 6.65. The van der Waals surface area contributed by atoms with E-state index in [0.29, 0.717) is 12.2 Å². The Morgan fingerprint density at radius 3 is 2.57 bits per heavy atom. The van der Waals surface area contributed by atoms with Gasteiger partial charge < -0.3 is 0 Å². The van der Waals surface area contributed by atoms with E-state index in [2.05, 4.69) is 9.82 Å². The van der Waals surface area contributed by atoms with Crippen LogP contribution in [0.2, 0.25) is 0 Å². The van der Waals surface area contributed by atoms with Crippen LogP contribution in [0.4, 0.5) is 10.1 Å². The van der Waals surface area contributed by atoms with Crippen LogP contribution in [0.25, 0.3) is 0 Å². The van der Waals surface area contributed by atoms with Crippen molar-refractivity contribution in [3.05, 3.63) is 78.4 Å². The van der Waals surface area contributed by atoms with Crippen LogP contribution >= 0.6 is 0 Å². The van der Waals surface area contributed by atoms with Crippen LogP contribution in [0.3, 0.4) is 0 Å². The molecule has 23 heavy (non-hydrogen) atoms. The highest BCUT2D eigenvalue weighted by Crippen LogP contribution is 2.18. The molecule has 2 aromatic carbocycles. The molecule has 1 aromatic heterocycles. The SMILES string of the molecule is O=S(=O)(Nc1cccc(Cn2cccn2)c1)c1ccc(F)cc1. The van der Waals surface area contributed by atoms with Crippen LogP contribution in [-0.4, -0.2) is 18.2 Å². The molecule has 5 nitrogen and oxygen atoms in total. The molecule has 0 unspecified atom stereocenters. The lowest BCUT2D eigenvalue weighted by molar-refractivity contribution is 0.599. The number of rotatable bonds is 5.